The van der Waals surface area contributed by atoms with Crippen LogP contribution in [0.25, 0.3) is 0 Å². The molecular formula is C22H33IN4O2S. The number of rotatable bonds is 9. The molecule has 0 saturated carbocycles. The van der Waals surface area contributed by atoms with Gasteiger partial charge in [-0.2, -0.15) is 0 Å². The van der Waals surface area contributed by atoms with E-state index in [1.54, 1.807) is 13.1 Å². The first-order valence-corrected chi connectivity index (χ1v) is 11.8. The molecule has 0 atom stereocenters. The monoisotopic (exact) mass is 544 g/mol. The highest BCUT2D eigenvalue weighted by Crippen LogP contribution is 2.16. The summed E-state index contributed by atoms with van der Waals surface area (Å²) in [6.07, 6.45) is 2.22. The number of guanidine groups is 1. The van der Waals surface area contributed by atoms with E-state index in [4.69, 9.17) is 0 Å². The molecule has 2 aromatic rings. The van der Waals surface area contributed by atoms with E-state index in [-0.39, 0.29) is 24.0 Å². The van der Waals surface area contributed by atoms with Crippen LogP contribution in [-0.2, 0) is 16.4 Å². The summed E-state index contributed by atoms with van der Waals surface area (Å²) in [5.41, 5.74) is 3.01. The van der Waals surface area contributed by atoms with Crippen LogP contribution in [0.5, 0.6) is 0 Å². The third kappa shape index (κ3) is 8.14. The van der Waals surface area contributed by atoms with E-state index < -0.39 is 9.84 Å². The SMILES string of the molecule is CCN(CCCNC(=NC)NCc1ccc(S(C)(=O)=O)c(C)c1)c1ccccc1.I. The smallest absolute Gasteiger partial charge is 0.191 e. The zero-order valence-corrected chi connectivity index (χ0v) is 21.3. The van der Waals surface area contributed by atoms with Crippen molar-refractivity contribution in [2.45, 2.75) is 31.7 Å². The normalized spacial score (nSPS) is 11.5. The summed E-state index contributed by atoms with van der Waals surface area (Å²) >= 11 is 0. The van der Waals surface area contributed by atoms with Crippen molar-refractivity contribution in [1.29, 1.82) is 0 Å². The number of nitrogens with zero attached hydrogens (tertiary/aromatic N) is 2. The number of aryl methyl sites for hydroxylation is 1. The zero-order chi connectivity index (χ0) is 21.3. The zero-order valence-electron chi connectivity index (χ0n) is 18.2. The molecule has 0 aliphatic carbocycles. The number of halogens is 1. The molecule has 2 aromatic carbocycles. The number of hydrogen-bond donors (Lipinski definition) is 2. The predicted octanol–water partition coefficient (Wildman–Crippen LogP) is 3.60. The summed E-state index contributed by atoms with van der Waals surface area (Å²) in [5, 5.41) is 6.62. The highest BCUT2D eigenvalue weighted by molar-refractivity contribution is 14.0. The summed E-state index contributed by atoms with van der Waals surface area (Å²) in [5.74, 6) is 0.734. The second kappa shape index (κ2) is 12.8. The van der Waals surface area contributed by atoms with Gasteiger partial charge in [-0.3, -0.25) is 4.99 Å². The standard InChI is InChI=1S/C22H32N4O2S.HI/c1-5-26(20-10-7-6-8-11-20)15-9-14-24-22(23-3)25-17-19-12-13-21(18(2)16-19)29(4,27)28;/h6-8,10-13,16H,5,9,14-15,17H2,1-4H3,(H2,23,24,25);1H. The van der Waals surface area contributed by atoms with Gasteiger partial charge in [0.05, 0.1) is 4.90 Å². The van der Waals surface area contributed by atoms with Gasteiger partial charge in [-0.25, -0.2) is 8.42 Å². The Morgan fingerprint density at radius 3 is 2.37 bits per heavy atom. The molecule has 0 radical (unpaired) electrons. The number of aliphatic imine (C=N–C) groups is 1. The van der Waals surface area contributed by atoms with Crippen LogP contribution in [0.2, 0.25) is 0 Å². The maximum Gasteiger partial charge on any atom is 0.191 e. The average molecular weight is 545 g/mol. The van der Waals surface area contributed by atoms with Gasteiger partial charge in [-0.15, -0.1) is 24.0 Å². The lowest BCUT2D eigenvalue weighted by molar-refractivity contribution is 0.601. The third-order valence-electron chi connectivity index (χ3n) is 4.72. The molecule has 0 aliphatic rings. The highest BCUT2D eigenvalue weighted by Gasteiger charge is 2.11. The van der Waals surface area contributed by atoms with Gasteiger partial charge in [0, 0.05) is 45.2 Å². The fourth-order valence-corrected chi connectivity index (χ4v) is 4.19. The van der Waals surface area contributed by atoms with Gasteiger partial charge in [-0.1, -0.05) is 30.3 Å². The molecule has 30 heavy (non-hydrogen) atoms. The number of sulfone groups is 1. The van der Waals surface area contributed by atoms with Crippen LogP contribution in [0.4, 0.5) is 5.69 Å². The largest absolute Gasteiger partial charge is 0.372 e. The molecule has 2 rings (SSSR count). The Balaban J connectivity index is 0.00000450. The topological polar surface area (TPSA) is 73.8 Å². The lowest BCUT2D eigenvalue weighted by Gasteiger charge is -2.23. The lowest BCUT2D eigenvalue weighted by Crippen LogP contribution is -2.38. The Bertz CT molecular complexity index is 918. The van der Waals surface area contributed by atoms with Crippen molar-refractivity contribution in [2.75, 3.05) is 37.8 Å². The third-order valence-corrected chi connectivity index (χ3v) is 5.98. The van der Waals surface area contributed by atoms with Crippen LogP contribution in [0, 0.1) is 6.92 Å². The van der Waals surface area contributed by atoms with Crippen LogP contribution < -0.4 is 15.5 Å². The maximum atomic E-state index is 11.7. The van der Waals surface area contributed by atoms with Gasteiger partial charge in [-0.05, 0) is 49.6 Å². The number of benzene rings is 2. The van der Waals surface area contributed by atoms with E-state index in [9.17, 15) is 8.42 Å². The molecule has 0 bridgehead atoms. The van der Waals surface area contributed by atoms with E-state index in [1.165, 1.54) is 11.9 Å². The molecule has 2 N–H and O–H groups in total. The van der Waals surface area contributed by atoms with E-state index in [1.807, 2.05) is 25.1 Å². The molecule has 0 saturated heterocycles. The first kappa shape index (κ1) is 26.2. The predicted molar refractivity (Wildman–Crippen MR) is 137 cm³/mol. The second-order valence-corrected chi connectivity index (χ2v) is 8.98. The number of hydrogen-bond acceptors (Lipinski definition) is 4. The van der Waals surface area contributed by atoms with Crippen molar-refractivity contribution in [3.63, 3.8) is 0 Å². The number of para-hydroxylation sites is 1. The van der Waals surface area contributed by atoms with Crippen molar-refractivity contribution in [3.05, 3.63) is 59.7 Å². The van der Waals surface area contributed by atoms with E-state index >= 15 is 0 Å². The van der Waals surface area contributed by atoms with E-state index in [0.717, 1.165) is 43.1 Å². The average Bonchev–Trinajstić information content (AvgIpc) is 2.70. The summed E-state index contributed by atoms with van der Waals surface area (Å²) in [4.78, 5) is 6.99. The van der Waals surface area contributed by atoms with Crippen molar-refractivity contribution in [1.82, 2.24) is 10.6 Å². The van der Waals surface area contributed by atoms with E-state index in [2.05, 4.69) is 51.7 Å². The summed E-state index contributed by atoms with van der Waals surface area (Å²) < 4.78 is 23.5. The maximum absolute atomic E-state index is 11.7. The summed E-state index contributed by atoms with van der Waals surface area (Å²) in [7, 11) is -1.45. The first-order valence-electron chi connectivity index (χ1n) is 9.89. The lowest BCUT2D eigenvalue weighted by atomic mass is 10.1. The quantitative estimate of drug-likeness (QED) is 0.219. The Morgan fingerprint density at radius 2 is 1.80 bits per heavy atom. The minimum atomic E-state index is -3.19. The van der Waals surface area contributed by atoms with Gasteiger partial charge in [0.15, 0.2) is 15.8 Å². The number of anilines is 1. The minimum absolute atomic E-state index is 0. The van der Waals surface area contributed by atoms with Gasteiger partial charge < -0.3 is 15.5 Å². The van der Waals surface area contributed by atoms with Crippen LogP contribution in [0.1, 0.15) is 24.5 Å². The molecule has 0 spiro atoms. The molecule has 166 valence electrons. The molecule has 0 heterocycles. The molecule has 0 aliphatic heterocycles. The second-order valence-electron chi connectivity index (χ2n) is 6.99. The van der Waals surface area contributed by atoms with Gasteiger partial charge in [0.25, 0.3) is 0 Å². The molecular weight excluding hydrogens is 511 g/mol. The van der Waals surface area contributed by atoms with Crippen molar-refractivity contribution >= 4 is 45.5 Å². The first-order chi connectivity index (χ1) is 13.8. The molecule has 6 nitrogen and oxygen atoms in total. The fraction of sp³-hybridized carbons (Fsp3) is 0.409. The summed E-state index contributed by atoms with van der Waals surface area (Å²) in [6, 6.07) is 15.8. The van der Waals surface area contributed by atoms with Crippen LogP contribution >= 0.6 is 24.0 Å². The molecule has 0 aromatic heterocycles. The van der Waals surface area contributed by atoms with Crippen molar-refractivity contribution < 1.29 is 8.42 Å². The Kier molecular flexibility index (Phi) is 11.2. The molecule has 0 unspecified atom stereocenters. The molecule has 0 amide bonds. The minimum Gasteiger partial charge on any atom is -0.372 e. The van der Waals surface area contributed by atoms with E-state index in [0.29, 0.717) is 11.4 Å². The van der Waals surface area contributed by atoms with Gasteiger partial charge in [0.1, 0.15) is 0 Å². The van der Waals surface area contributed by atoms with Crippen molar-refractivity contribution in [2.24, 2.45) is 4.99 Å². The van der Waals surface area contributed by atoms with Crippen molar-refractivity contribution in [3.8, 4) is 0 Å². The molecule has 8 heteroatoms. The fourth-order valence-electron chi connectivity index (χ4n) is 3.23. The van der Waals surface area contributed by atoms with Gasteiger partial charge in [0.2, 0.25) is 0 Å². The van der Waals surface area contributed by atoms with Crippen LogP contribution in [-0.4, -0.2) is 47.3 Å². The Labute approximate surface area is 198 Å². The number of nitrogens with one attached hydrogen (secondary N) is 2. The summed E-state index contributed by atoms with van der Waals surface area (Å²) in [6.45, 7) is 7.32. The van der Waals surface area contributed by atoms with Crippen LogP contribution in [0.15, 0.2) is 58.4 Å². The van der Waals surface area contributed by atoms with Gasteiger partial charge >= 0.3 is 0 Å². The molecule has 0 fully saturated rings. The highest BCUT2D eigenvalue weighted by atomic mass is 127. The Morgan fingerprint density at radius 1 is 1.10 bits per heavy atom. The Hall–Kier alpha value is -1.81. The van der Waals surface area contributed by atoms with Crippen LogP contribution in [0.3, 0.4) is 0 Å².